The van der Waals surface area contributed by atoms with Crippen LogP contribution in [0.5, 0.6) is 5.75 Å². The fourth-order valence-electron chi connectivity index (χ4n) is 2.14. The monoisotopic (exact) mass is 265 g/mol. The van der Waals surface area contributed by atoms with Crippen molar-refractivity contribution in [2.75, 3.05) is 26.0 Å². The van der Waals surface area contributed by atoms with Crippen LogP contribution in [-0.2, 0) is 4.79 Å². The number of nitro groups is 1. The first-order chi connectivity index (χ1) is 9.04. The van der Waals surface area contributed by atoms with Crippen molar-refractivity contribution in [3.05, 3.63) is 28.3 Å². The molecule has 0 saturated carbocycles. The molecule has 1 aromatic carbocycles. The van der Waals surface area contributed by atoms with Crippen LogP contribution in [-0.4, -0.2) is 42.5 Å². The maximum absolute atomic E-state index is 11.8. The van der Waals surface area contributed by atoms with Crippen LogP contribution in [0.1, 0.15) is 6.42 Å². The summed E-state index contributed by atoms with van der Waals surface area (Å²) in [6.45, 7) is 0.647. The molecule has 1 aromatic rings. The predicted octanol–water partition coefficient (Wildman–Crippen LogP) is 1.25. The molecule has 1 aliphatic rings. The van der Waals surface area contributed by atoms with Crippen molar-refractivity contribution in [3.63, 3.8) is 0 Å². The SMILES string of the molecule is COc1cccc(NC2CCN(C)C2=O)c1[N+](=O)[O-]. The number of nitrogens with zero attached hydrogens (tertiary/aromatic N) is 2. The van der Waals surface area contributed by atoms with Crippen molar-refractivity contribution < 1.29 is 14.5 Å². The van der Waals surface area contributed by atoms with E-state index in [2.05, 4.69) is 5.32 Å². The highest BCUT2D eigenvalue weighted by molar-refractivity contribution is 5.87. The summed E-state index contributed by atoms with van der Waals surface area (Å²) in [6.07, 6.45) is 0.629. The molecule has 1 unspecified atom stereocenters. The number of methoxy groups -OCH3 is 1. The van der Waals surface area contributed by atoms with Gasteiger partial charge in [0.15, 0.2) is 5.75 Å². The Balaban J connectivity index is 2.30. The Morgan fingerprint density at radius 1 is 1.53 bits per heavy atom. The van der Waals surface area contributed by atoms with E-state index in [9.17, 15) is 14.9 Å². The second-order valence-electron chi connectivity index (χ2n) is 4.36. The van der Waals surface area contributed by atoms with Crippen LogP contribution >= 0.6 is 0 Å². The third kappa shape index (κ3) is 2.44. The number of para-hydroxylation sites is 1. The number of hydrogen-bond acceptors (Lipinski definition) is 5. The quantitative estimate of drug-likeness (QED) is 0.654. The number of hydrogen-bond donors (Lipinski definition) is 1. The normalized spacial score (nSPS) is 18.5. The first-order valence-electron chi connectivity index (χ1n) is 5.87. The molecule has 0 bridgehead atoms. The first-order valence-corrected chi connectivity index (χ1v) is 5.87. The summed E-state index contributed by atoms with van der Waals surface area (Å²) in [7, 11) is 3.09. The minimum Gasteiger partial charge on any atom is -0.490 e. The molecule has 1 fully saturated rings. The Morgan fingerprint density at radius 2 is 2.26 bits per heavy atom. The average Bonchev–Trinajstić information content (AvgIpc) is 2.70. The molecule has 0 aromatic heterocycles. The molecular formula is C12H15N3O4. The fraction of sp³-hybridized carbons (Fsp3) is 0.417. The zero-order valence-corrected chi connectivity index (χ0v) is 10.8. The Kier molecular flexibility index (Phi) is 3.55. The third-order valence-corrected chi connectivity index (χ3v) is 3.16. The largest absolute Gasteiger partial charge is 0.490 e. The van der Waals surface area contributed by atoms with E-state index in [4.69, 9.17) is 4.74 Å². The van der Waals surface area contributed by atoms with E-state index in [1.54, 1.807) is 24.1 Å². The summed E-state index contributed by atoms with van der Waals surface area (Å²) < 4.78 is 4.98. The van der Waals surface area contributed by atoms with Crippen LogP contribution in [0.2, 0.25) is 0 Å². The fourth-order valence-corrected chi connectivity index (χ4v) is 2.14. The van der Waals surface area contributed by atoms with Gasteiger partial charge >= 0.3 is 5.69 Å². The number of nitrogens with one attached hydrogen (secondary N) is 1. The van der Waals surface area contributed by atoms with Gasteiger partial charge in [0.05, 0.1) is 12.0 Å². The second kappa shape index (κ2) is 5.13. The van der Waals surface area contributed by atoms with Gasteiger partial charge in [0.2, 0.25) is 5.91 Å². The van der Waals surface area contributed by atoms with Crippen LogP contribution in [0, 0.1) is 10.1 Å². The van der Waals surface area contributed by atoms with Crippen molar-refractivity contribution >= 4 is 17.3 Å². The molecule has 0 aliphatic carbocycles. The Morgan fingerprint density at radius 3 is 2.79 bits per heavy atom. The van der Waals surface area contributed by atoms with Gasteiger partial charge in [0, 0.05) is 13.6 Å². The van der Waals surface area contributed by atoms with E-state index in [1.165, 1.54) is 13.2 Å². The highest BCUT2D eigenvalue weighted by Gasteiger charge is 2.31. The van der Waals surface area contributed by atoms with Gasteiger partial charge in [0.1, 0.15) is 11.7 Å². The van der Waals surface area contributed by atoms with Crippen molar-refractivity contribution in [2.24, 2.45) is 0 Å². The lowest BCUT2D eigenvalue weighted by Crippen LogP contribution is -2.31. The third-order valence-electron chi connectivity index (χ3n) is 3.16. The summed E-state index contributed by atoms with van der Waals surface area (Å²) in [6, 6.07) is 4.32. The van der Waals surface area contributed by atoms with Gasteiger partial charge in [0.25, 0.3) is 0 Å². The molecule has 1 heterocycles. The Hall–Kier alpha value is -2.31. The number of ether oxygens (including phenoxy) is 1. The van der Waals surface area contributed by atoms with Gasteiger partial charge in [-0.05, 0) is 18.6 Å². The molecule has 0 spiro atoms. The van der Waals surface area contributed by atoms with E-state index in [0.717, 1.165) is 0 Å². The van der Waals surface area contributed by atoms with Gasteiger partial charge in [-0.15, -0.1) is 0 Å². The lowest BCUT2D eigenvalue weighted by Gasteiger charge is -2.14. The molecular weight excluding hydrogens is 250 g/mol. The number of benzene rings is 1. The number of likely N-dealkylation sites (tertiary alicyclic amines) is 1. The molecule has 0 radical (unpaired) electrons. The van der Waals surface area contributed by atoms with Crippen LogP contribution in [0.25, 0.3) is 0 Å². The van der Waals surface area contributed by atoms with E-state index in [0.29, 0.717) is 18.7 Å². The lowest BCUT2D eigenvalue weighted by molar-refractivity contribution is -0.384. The second-order valence-corrected chi connectivity index (χ2v) is 4.36. The minimum atomic E-state index is -0.510. The molecule has 7 heteroatoms. The van der Waals surface area contributed by atoms with E-state index >= 15 is 0 Å². The van der Waals surface area contributed by atoms with Gasteiger partial charge in [-0.3, -0.25) is 14.9 Å². The van der Waals surface area contributed by atoms with Gasteiger partial charge in [-0.25, -0.2) is 0 Å². The van der Waals surface area contributed by atoms with Crippen molar-refractivity contribution in [3.8, 4) is 5.75 Å². The highest BCUT2D eigenvalue weighted by Crippen LogP contribution is 2.35. The van der Waals surface area contributed by atoms with Crippen LogP contribution in [0.15, 0.2) is 18.2 Å². The molecule has 1 aliphatic heterocycles. The van der Waals surface area contributed by atoms with E-state index < -0.39 is 11.0 Å². The molecule has 1 atom stereocenters. The predicted molar refractivity (Wildman–Crippen MR) is 69.3 cm³/mol. The average molecular weight is 265 g/mol. The molecule has 102 valence electrons. The number of likely N-dealkylation sites (N-methyl/N-ethyl adjacent to an activating group) is 1. The molecule has 19 heavy (non-hydrogen) atoms. The maximum atomic E-state index is 11.8. The summed E-state index contributed by atoms with van der Waals surface area (Å²) in [4.78, 5) is 24.0. The number of carbonyl (C=O) groups excluding carboxylic acids is 1. The molecule has 7 nitrogen and oxygen atoms in total. The highest BCUT2D eigenvalue weighted by atomic mass is 16.6. The summed E-state index contributed by atoms with van der Waals surface area (Å²) in [5.41, 5.74) is 0.158. The number of rotatable bonds is 4. The summed E-state index contributed by atoms with van der Waals surface area (Å²) in [5.74, 6) is 0.117. The zero-order valence-electron chi connectivity index (χ0n) is 10.8. The summed E-state index contributed by atoms with van der Waals surface area (Å²) in [5, 5.41) is 14.0. The molecule has 1 saturated heterocycles. The Bertz CT molecular complexity index is 518. The Labute approximate surface area is 110 Å². The van der Waals surface area contributed by atoms with Gasteiger partial charge in [-0.1, -0.05) is 6.07 Å². The van der Waals surface area contributed by atoms with E-state index in [1.807, 2.05) is 0 Å². The van der Waals surface area contributed by atoms with Crippen LogP contribution in [0.3, 0.4) is 0 Å². The smallest absolute Gasteiger partial charge is 0.333 e. The van der Waals surface area contributed by atoms with Crippen molar-refractivity contribution in [1.82, 2.24) is 4.90 Å². The van der Waals surface area contributed by atoms with Crippen LogP contribution < -0.4 is 10.1 Å². The lowest BCUT2D eigenvalue weighted by atomic mass is 10.2. The van der Waals surface area contributed by atoms with E-state index in [-0.39, 0.29) is 17.3 Å². The van der Waals surface area contributed by atoms with Crippen molar-refractivity contribution in [1.29, 1.82) is 0 Å². The minimum absolute atomic E-state index is 0.0582. The number of anilines is 1. The first kappa shape index (κ1) is 13.1. The number of nitro benzene ring substituents is 1. The maximum Gasteiger partial charge on any atom is 0.333 e. The molecule has 2 rings (SSSR count). The number of amides is 1. The molecule has 1 amide bonds. The molecule has 1 N–H and O–H groups in total. The summed E-state index contributed by atoms with van der Waals surface area (Å²) >= 11 is 0. The van der Waals surface area contributed by atoms with Gasteiger partial charge in [-0.2, -0.15) is 0 Å². The number of carbonyl (C=O) groups is 1. The standard InChI is InChI=1S/C12H15N3O4/c1-14-7-6-9(12(14)16)13-8-4-3-5-10(19-2)11(8)15(17)18/h3-5,9,13H,6-7H2,1-2H3. The van der Waals surface area contributed by atoms with Crippen molar-refractivity contribution in [2.45, 2.75) is 12.5 Å². The zero-order chi connectivity index (χ0) is 14.0. The van der Waals surface area contributed by atoms with Gasteiger partial charge < -0.3 is 15.0 Å². The van der Waals surface area contributed by atoms with Crippen LogP contribution in [0.4, 0.5) is 11.4 Å². The topological polar surface area (TPSA) is 84.7 Å².